The van der Waals surface area contributed by atoms with Crippen molar-refractivity contribution in [3.05, 3.63) is 89.5 Å². The number of benzene rings is 3. The molecule has 206 valence electrons. The largest absolute Gasteiger partial charge is 0.497 e. The molecule has 0 spiro atoms. The minimum Gasteiger partial charge on any atom is -0.497 e. The van der Waals surface area contributed by atoms with Gasteiger partial charge in [0.2, 0.25) is 0 Å². The molecule has 1 aliphatic rings. The molecule has 0 saturated carbocycles. The van der Waals surface area contributed by atoms with Crippen molar-refractivity contribution < 1.29 is 28.5 Å². The van der Waals surface area contributed by atoms with Gasteiger partial charge in [-0.25, -0.2) is 9.59 Å². The maximum Gasteiger partial charge on any atom is 0.337 e. The van der Waals surface area contributed by atoms with Crippen LogP contribution < -0.4 is 14.8 Å². The Morgan fingerprint density at radius 3 is 2.31 bits per heavy atom. The van der Waals surface area contributed by atoms with Crippen LogP contribution in [0.5, 0.6) is 11.5 Å². The number of hydrogen-bond acceptors (Lipinski definition) is 7. The van der Waals surface area contributed by atoms with Crippen molar-refractivity contribution in [2.45, 2.75) is 12.7 Å². The second-order valence-electron chi connectivity index (χ2n) is 9.18. The fourth-order valence-corrected chi connectivity index (χ4v) is 4.46. The van der Waals surface area contributed by atoms with E-state index in [9.17, 15) is 9.59 Å². The average Bonchev–Trinajstić information content (AvgIpc) is 2.99. The van der Waals surface area contributed by atoms with Crippen LogP contribution in [-0.4, -0.2) is 75.9 Å². The van der Waals surface area contributed by atoms with Gasteiger partial charge < -0.3 is 29.2 Å². The Labute approximate surface area is 229 Å². The lowest BCUT2D eigenvalue weighted by molar-refractivity contribution is 0.00582. The van der Waals surface area contributed by atoms with E-state index < -0.39 is 0 Å². The number of esters is 1. The maximum absolute atomic E-state index is 12.9. The second-order valence-corrected chi connectivity index (χ2v) is 9.18. The van der Waals surface area contributed by atoms with Crippen molar-refractivity contribution in [1.29, 1.82) is 0 Å². The van der Waals surface area contributed by atoms with E-state index in [1.807, 2.05) is 65.6 Å². The Hall–Kier alpha value is -4.08. The molecule has 2 amide bonds. The lowest BCUT2D eigenvalue weighted by atomic mass is 10.1. The predicted molar refractivity (Wildman–Crippen MR) is 148 cm³/mol. The van der Waals surface area contributed by atoms with Gasteiger partial charge in [0.25, 0.3) is 0 Å². The third-order valence-electron chi connectivity index (χ3n) is 6.72. The third-order valence-corrected chi connectivity index (χ3v) is 6.72. The molecule has 9 heteroatoms. The summed E-state index contributed by atoms with van der Waals surface area (Å²) in [6, 6.07) is 22.3. The predicted octanol–water partition coefficient (Wildman–Crippen LogP) is 4.60. The van der Waals surface area contributed by atoms with Gasteiger partial charge in [0.1, 0.15) is 11.5 Å². The van der Waals surface area contributed by atoms with Crippen molar-refractivity contribution in [1.82, 2.24) is 9.80 Å². The summed E-state index contributed by atoms with van der Waals surface area (Å²) in [5, 5.41) is 2.95. The normalized spacial score (nSPS) is 14.4. The van der Waals surface area contributed by atoms with Crippen LogP contribution in [0.4, 0.5) is 10.5 Å². The van der Waals surface area contributed by atoms with E-state index >= 15 is 0 Å². The van der Waals surface area contributed by atoms with Crippen LogP contribution in [0.1, 0.15) is 27.6 Å². The first-order valence-electron chi connectivity index (χ1n) is 12.8. The maximum atomic E-state index is 12.9. The lowest BCUT2D eigenvalue weighted by Crippen LogP contribution is -2.50. The molecule has 0 unspecified atom stereocenters. The molecule has 1 aliphatic heterocycles. The number of urea groups is 1. The summed E-state index contributed by atoms with van der Waals surface area (Å²) in [4.78, 5) is 28.7. The highest BCUT2D eigenvalue weighted by atomic mass is 16.5. The van der Waals surface area contributed by atoms with Gasteiger partial charge in [0.05, 0.1) is 45.3 Å². The highest BCUT2D eigenvalue weighted by molar-refractivity contribution is 5.91. The molecule has 1 atom stereocenters. The minimum atomic E-state index is -0.368. The molecule has 0 bridgehead atoms. The van der Waals surface area contributed by atoms with Gasteiger partial charge in [0.15, 0.2) is 0 Å². The lowest BCUT2D eigenvalue weighted by Gasteiger charge is -2.36. The Morgan fingerprint density at radius 1 is 0.872 bits per heavy atom. The summed E-state index contributed by atoms with van der Waals surface area (Å²) >= 11 is 0. The molecule has 0 aliphatic carbocycles. The molecular formula is C30H35N3O6. The first-order chi connectivity index (χ1) is 19.0. The van der Waals surface area contributed by atoms with Crippen molar-refractivity contribution in [2.75, 3.05) is 59.4 Å². The zero-order valence-electron chi connectivity index (χ0n) is 22.6. The van der Waals surface area contributed by atoms with Crippen molar-refractivity contribution in [2.24, 2.45) is 0 Å². The molecule has 0 aromatic heterocycles. The minimum absolute atomic E-state index is 0.143. The Balaban J connectivity index is 1.37. The molecule has 0 radical (unpaired) electrons. The van der Waals surface area contributed by atoms with Gasteiger partial charge >= 0.3 is 12.0 Å². The summed E-state index contributed by atoms with van der Waals surface area (Å²) in [5.41, 5.74) is 3.11. The monoisotopic (exact) mass is 533 g/mol. The Morgan fingerprint density at radius 2 is 1.62 bits per heavy atom. The standard InChI is InChI=1S/C30H35N3O6/c1-36-25-8-6-7-24(19-25)28(39-21-22-11-13-23(14-12-22)29(34)38-3)20-32-15-17-33(18-16-32)30(35)31-26-9-4-5-10-27(26)37-2/h4-14,19,28H,15-18,20-21H2,1-3H3,(H,31,35)/t28-/m1/s1. The van der Waals surface area contributed by atoms with Crippen LogP contribution in [0.25, 0.3) is 0 Å². The molecule has 3 aromatic carbocycles. The van der Waals surface area contributed by atoms with Gasteiger partial charge in [-0.2, -0.15) is 0 Å². The number of piperazine rings is 1. The van der Waals surface area contributed by atoms with E-state index in [0.29, 0.717) is 43.2 Å². The molecule has 4 rings (SSSR count). The van der Waals surface area contributed by atoms with Gasteiger partial charge in [-0.05, 0) is 47.5 Å². The molecule has 3 aromatic rings. The highest BCUT2D eigenvalue weighted by Gasteiger charge is 2.25. The van der Waals surface area contributed by atoms with Crippen LogP contribution in [0, 0.1) is 0 Å². The SMILES string of the molecule is COC(=O)c1ccc(CO[C@H](CN2CCN(C(=O)Nc3ccccc3OC)CC2)c2cccc(OC)c2)cc1. The van der Waals surface area contributed by atoms with Crippen LogP contribution in [0.2, 0.25) is 0 Å². The first-order valence-corrected chi connectivity index (χ1v) is 12.8. The zero-order valence-corrected chi connectivity index (χ0v) is 22.6. The van der Waals surface area contributed by atoms with Crippen molar-refractivity contribution >= 4 is 17.7 Å². The number of carbonyl (C=O) groups is 2. The molecule has 9 nitrogen and oxygen atoms in total. The van der Waals surface area contributed by atoms with E-state index in [-0.39, 0.29) is 18.1 Å². The summed E-state index contributed by atoms with van der Waals surface area (Å²) in [5.74, 6) is 1.02. The average molecular weight is 534 g/mol. The second kappa shape index (κ2) is 13.6. The third kappa shape index (κ3) is 7.49. The molecule has 1 saturated heterocycles. The van der Waals surface area contributed by atoms with Gasteiger partial charge in [-0.15, -0.1) is 0 Å². The van der Waals surface area contributed by atoms with Crippen LogP contribution in [0.3, 0.4) is 0 Å². The number of methoxy groups -OCH3 is 3. The summed E-state index contributed by atoms with van der Waals surface area (Å²) in [6.07, 6.45) is -0.214. The molecule has 1 heterocycles. The number of amides is 2. The fourth-order valence-electron chi connectivity index (χ4n) is 4.46. The summed E-state index contributed by atoms with van der Waals surface area (Å²) < 4.78 is 22.0. The van der Waals surface area contributed by atoms with E-state index in [1.54, 1.807) is 26.4 Å². The van der Waals surface area contributed by atoms with Crippen molar-refractivity contribution in [3.8, 4) is 11.5 Å². The van der Waals surface area contributed by atoms with Gasteiger partial charge in [0, 0.05) is 32.7 Å². The first kappa shape index (κ1) is 27.9. The zero-order chi connectivity index (χ0) is 27.6. The number of carbonyl (C=O) groups excluding carboxylic acids is 2. The number of ether oxygens (including phenoxy) is 4. The van der Waals surface area contributed by atoms with E-state index in [1.165, 1.54) is 7.11 Å². The highest BCUT2D eigenvalue weighted by Crippen LogP contribution is 2.26. The number of rotatable bonds is 10. The summed E-state index contributed by atoms with van der Waals surface area (Å²) in [6.45, 7) is 3.68. The molecule has 39 heavy (non-hydrogen) atoms. The number of nitrogens with zero attached hydrogens (tertiary/aromatic N) is 2. The van der Waals surface area contributed by atoms with Crippen LogP contribution in [-0.2, 0) is 16.1 Å². The Bertz CT molecular complexity index is 1240. The van der Waals surface area contributed by atoms with E-state index in [2.05, 4.69) is 10.2 Å². The smallest absolute Gasteiger partial charge is 0.337 e. The molecule has 1 N–H and O–H groups in total. The van der Waals surface area contributed by atoms with Crippen LogP contribution >= 0.6 is 0 Å². The summed E-state index contributed by atoms with van der Waals surface area (Å²) in [7, 11) is 4.60. The number of para-hydroxylation sites is 2. The van der Waals surface area contributed by atoms with Crippen LogP contribution in [0.15, 0.2) is 72.8 Å². The van der Waals surface area contributed by atoms with Crippen molar-refractivity contribution in [3.63, 3.8) is 0 Å². The van der Waals surface area contributed by atoms with E-state index in [4.69, 9.17) is 18.9 Å². The fraction of sp³-hybridized carbons (Fsp3) is 0.333. The van der Waals surface area contributed by atoms with Gasteiger partial charge in [-0.1, -0.05) is 36.4 Å². The number of nitrogens with one attached hydrogen (secondary N) is 1. The van der Waals surface area contributed by atoms with E-state index in [0.717, 1.165) is 30.0 Å². The quantitative estimate of drug-likeness (QED) is 0.381. The molecular weight excluding hydrogens is 498 g/mol. The Kier molecular flexibility index (Phi) is 9.77. The number of hydrogen-bond donors (Lipinski definition) is 1. The van der Waals surface area contributed by atoms with Gasteiger partial charge in [-0.3, -0.25) is 4.90 Å². The topological polar surface area (TPSA) is 89.6 Å². The molecule has 1 fully saturated rings. The number of anilines is 1.